The van der Waals surface area contributed by atoms with Crippen molar-refractivity contribution >= 4 is 39.0 Å². The Labute approximate surface area is 203 Å². The smallest absolute Gasteiger partial charge is 0.336 e. The fourth-order valence-electron chi connectivity index (χ4n) is 4.88. The first-order valence-electron chi connectivity index (χ1n) is 10.9. The van der Waals surface area contributed by atoms with E-state index >= 15 is 0 Å². The Balaban J connectivity index is 1.50. The molecule has 0 radical (unpaired) electrons. The summed E-state index contributed by atoms with van der Waals surface area (Å²) >= 11 is 6.15. The van der Waals surface area contributed by atoms with E-state index in [-0.39, 0.29) is 28.3 Å². The first-order chi connectivity index (χ1) is 16.2. The summed E-state index contributed by atoms with van der Waals surface area (Å²) < 4.78 is 28.9. The zero-order valence-corrected chi connectivity index (χ0v) is 19.9. The molecule has 0 saturated carbocycles. The number of carboxylic acids is 1. The standard InChI is InChI=1S/C26H23ClN2O4S/c1-15-9-10-16(13-23(15)27)29-34(32,33)17-11-12-24-22(14-17)18-7-4-8-19(18)25(28-24)20-5-2-3-6-21(20)26(30)31/h2-7,9-14,18-19,25,28-29H,8H2,1H3,(H,30,31)/t18-,19+,25-/m0/s1. The molecule has 3 N–H and O–H groups in total. The first-order valence-corrected chi connectivity index (χ1v) is 12.8. The summed E-state index contributed by atoms with van der Waals surface area (Å²) in [5.74, 6) is -0.906. The minimum Gasteiger partial charge on any atom is -0.478 e. The average molecular weight is 495 g/mol. The molecule has 174 valence electrons. The zero-order valence-electron chi connectivity index (χ0n) is 18.3. The van der Waals surface area contributed by atoms with Crippen LogP contribution in [-0.2, 0) is 10.0 Å². The summed E-state index contributed by atoms with van der Waals surface area (Å²) in [6.07, 6.45) is 4.94. The van der Waals surface area contributed by atoms with E-state index in [1.807, 2.05) is 19.1 Å². The second-order valence-corrected chi connectivity index (χ2v) is 10.8. The molecule has 0 aromatic heterocycles. The molecule has 0 amide bonds. The number of rotatable bonds is 5. The third kappa shape index (κ3) is 3.95. The van der Waals surface area contributed by atoms with E-state index in [0.29, 0.717) is 10.7 Å². The third-order valence-electron chi connectivity index (χ3n) is 6.59. The van der Waals surface area contributed by atoms with Crippen LogP contribution < -0.4 is 10.0 Å². The minimum absolute atomic E-state index is 0.0212. The van der Waals surface area contributed by atoms with Crippen molar-refractivity contribution in [1.82, 2.24) is 0 Å². The normalized spacial score (nSPS) is 20.8. The Morgan fingerprint density at radius 1 is 1.09 bits per heavy atom. The van der Waals surface area contributed by atoms with Crippen molar-refractivity contribution in [3.63, 3.8) is 0 Å². The van der Waals surface area contributed by atoms with E-state index in [2.05, 4.69) is 22.2 Å². The van der Waals surface area contributed by atoms with Gasteiger partial charge in [0.25, 0.3) is 10.0 Å². The van der Waals surface area contributed by atoms with Crippen LogP contribution in [0.4, 0.5) is 11.4 Å². The highest BCUT2D eigenvalue weighted by Crippen LogP contribution is 2.50. The lowest BCUT2D eigenvalue weighted by atomic mass is 9.76. The number of hydrogen-bond donors (Lipinski definition) is 3. The van der Waals surface area contributed by atoms with Gasteiger partial charge in [0.15, 0.2) is 0 Å². The van der Waals surface area contributed by atoms with Crippen LogP contribution in [0.3, 0.4) is 0 Å². The first kappa shape index (κ1) is 22.5. The SMILES string of the molecule is Cc1ccc(NS(=O)(=O)c2ccc3c(c2)[C@H]2C=CC[C@H]2[C@@H](c2ccccc2C(=O)O)N3)cc1Cl. The predicted molar refractivity (Wildman–Crippen MR) is 133 cm³/mol. The summed E-state index contributed by atoms with van der Waals surface area (Å²) in [6.45, 7) is 1.85. The summed E-state index contributed by atoms with van der Waals surface area (Å²) in [6, 6.07) is 16.9. The monoisotopic (exact) mass is 494 g/mol. The molecular formula is C26H23ClN2O4S. The molecule has 1 heterocycles. The number of benzene rings is 3. The van der Waals surface area contributed by atoms with E-state index in [1.165, 1.54) is 0 Å². The Morgan fingerprint density at radius 3 is 2.65 bits per heavy atom. The molecule has 1 aliphatic heterocycles. The number of aryl methyl sites for hydroxylation is 1. The molecule has 0 saturated heterocycles. The van der Waals surface area contributed by atoms with Gasteiger partial charge in [-0.3, -0.25) is 4.72 Å². The van der Waals surface area contributed by atoms with Crippen LogP contribution in [0.5, 0.6) is 0 Å². The van der Waals surface area contributed by atoms with Gasteiger partial charge in [0.2, 0.25) is 0 Å². The van der Waals surface area contributed by atoms with Gasteiger partial charge in [0.1, 0.15) is 0 Å². The number of hydrogen-bond acceptors (Lipinski definition) is 4. The second-order valence-electron chi connectivity index (χ2n) is 8.69. The highest BCUT2D eigenvalue weighted by Gasteiger charge is 2.39. The second kappa shape index (κ2) is 8.49. The molecule has 0 spiro atoms. The maximum absolute atomic E-state index is 13.1. The molecule has 0 fully saturated rings. The van der Waals surface area contributed by atoms with Crippen molar-refractivity contribution in [1.29, 1.82) is 0 Å². The van der Waals surface area contributed by atoms with Gasteiger partial charge in [-0.1, -0.05) is 48.0 Å². The average Bonchev–Trinajstić information content (AvgIpc) is 3.31. The molecule has 8 heteroatoms. The zero-order chi connectivity index (χ0) is 24.0. The number of halogens is 1. The van der Waals surface area contributed by atoms with Crippen molar-refractivity contribution in [2.45, 2.75) is 30.2 Å². The molecule has 6 nitrogen and oxygen atoms in total. The lowest BCUT2D eigenvalue weighted by Gasteiger charge is -2.38. The molecule has 1 aliphatic carbocycles. The Hall–Kier alpha value is -3.29. The van der Waals surface area contributed by atoms with Crippen LogP contribution in [0, 0.1) is 12.8 Å². The molecular weight excluding hydrogens is 472 g/mol. The van der Waals surface area contributed by atoms with Crippen molar-refractivity contribution in [2.75, 3.05) is 10.0 Å². The van der Waals surface area contributed by atoms with Gasteiger partial charge < -0.3 is 10.4 Å². The molecule has 5 rings (SSSR count). The largest absolute Gasteiger partial charge is 0.478 e. The fraction of sp³-hybridized carbons (Fsp3) is 0.192. The van der Waals surface area contributed by atoms with Gasteiger partial charge in [-0.05, 0) is 72.4 Å². The van der Waals surface area contributed by atoms with Gasteiger partial charge in [-0.2, -0.15) is 0 Å². The highest BCUT2D eigenvalue weighted by molar-refractivity contribution is 7.92. The van der Waals surface area contributed by atoms with Gasteiger partial charge >= 0.3 is 5.97 Å². The van der Waals surface area contributed by atoms with Gasteiger partial charge in [-0.15, -0.1) is 0 Å². The summed E-state index contributed by atoms with van der Waals surface area (Å²) in [5, 5.41) is 13.7. The maximum Gasteiger partial charge on any atom is 0.336 e. The number of allylic oxidation sites excluding steroid dienone is 2. The Kier molecular flexibility index (Phi) is 5.62. The van der Waals surface area contributed by atoms with Gasteiger partial charge in [0, 0.05) is 16.6 Å². The number of carboxylic acid groups (broad SMARTS) is 1. The number of carbonyl (C=O) groups is 1. The molecule has 34 heavy (non-hydrogen) atoms. The molecule has 0 bridgehead atoms. The van der Waals surface area contributed by atoms with Crippen molar-refractivity contribution < 1.29 is 18.3 Å². The Bertz CT molecular complexity index is 1430. The van der Waals surface area contributed by atoms with Crippen molar-refractivity contribution in [2.24, 2.45) is 5.92 Å². The molecule has 3 atom stereocenters. The number of nitrogens with one attached hydrogen (secondary N) is 2. The number of anilines is 2. The Morgan fingerprint density at radius 2 is 1.88 bits per heavy atom. The van der Waals surface area contributed by atoms with E-state index < -0.39 is 16.0 Å². The fourth-order valence-corrected chi connectivity index (χ4v) is 6.15. The van der Waals surface area contributed by atoms with E-state index in [4.69, 9.17) is 11.6 Å². The number of fused-ring (bicyclic) bond motifs is 3. The number of sulfonamides is 1. The van der Waals surface area contributed by atoms with E-state index in [0.717, 1.165) is 28.8 Å². The van der Waals surface area contributed by atoms with Crippen molar-refractivity contribution in [3.8, 4) is 0 Å². The highest BCUT2D eigenvalue weighted by atomic mass is 35.5. The maximum atomic E-state index is 13.1. The topological polar surface area (TPSA) is 95.5 Å². The lowest BCUT2D eigenvalue weighted by molar-refractivity contribution is 0.0694. The van der Waals surface area contributed by atoms with E-state index in [1.54, 1.807) is 48.5 Å². The van der Waals surface area contributed by atoms with Gasteiger partial charge in [-0.25, -0.2) is 13.2 Å². The summed E-state index contributed by atoms with van der Waals surface area (Å²) in [7, 11) is -3.83. The number of aromatic carboxylic acids is 1. The quantitative estimate of drug-likeness (QED) is 0.379. The van der Waals surface area contributed by atoms with E-state index in [9.17, 15) is 18.3 Å². The molecule has 3 aromatic rings. The van der Waals surface area contributed by atoms with Crippen molar-refractivity contribution in [3.05, 3.63) is 100 Å². The lowest BCUT2D eigenvalue weighted by Crippen LogP contribution is -2.30. The van der Waals surface area contributed by atoms with Crippen LogP contribution in [0.2, 0.25) is 5.02 Å². The van der Waals surface area contributed by atoms with Crippen LogP contribution in [-0.4, -0.2) is 19.5 Å². The van der Waals surface area contributed by atoms with Crippen LogP contribution in [0.25, 0.3) is 0 Å². The molecule has 3 aromatic carbocycles. The summed E-state index contributed by atoms with van der Waals surface area (Å²) in [4.78, 5) is 12.0. The van der Waals surface area contributed by atoms with Crippen LogP contribution >= 0.6 is 11.6 Å². The van der Waals surface area contributed by atoms with Crippen LogP contribution in [0.15, 0.2) is 77.7 Å². The van der Waals surface area contributed by atoms with Gasteiger partial charge in [0.05, 0.1) is 22.2 Å². The molecule has 2 aliphatic rings. The third-order valence-corrected chi connectivity index (χ3v) is 8.38. The van der Waals surface area contributed by atoms with Crippen LogP contribution in [0.1, 0.15) is 45.4 Å². The molecule has 0 unspecified atom stereocenters. The summed E-state index contributed by atoms with van der Waals surface area (Å²) in [5.41, 5.74) is 3.95. The minimum atomic E-state index is -3.83. The predicted octanol–water partition coefficient (Wildman–Crippen LogP) is 5.97.